The fraction of sp³-hybridized carbons (Fsp3) is 0.455. The van der Waals surface area contributed by atoms with Crippen LogP contribution in [0.1, 0.15) is 13.3 Å². The molecule has 0 aliphatic carbocycles. The molecular formula is C11H15FN2O4S2. The van der Waals surface area contributed by atoms with E-state index in [0.29, 0.717) is 12.5 Å². The molecule has 1 unspecified atom stereocenters. The lowest BCUT2D eigenvalue weighted by Crippen LogP contribution is -2.33. The summed E-state index contributed by atoms with van der Waals surface area (Å²) >= 11 is 1.59. The number of nitrogens with one attached hydrogen (secondary N) is 1. The molecule has 20 heavy (non-hydrogen) atoms. The van der Waals surface area contributed by atoms with Gasteiger partial charge in [0.05, 0.1) is 9.82 Å². The molecule has 0 saturated carbocycles. The maximum atomic E-state index is 13.4. The normalized spacial score (nSPS) is 13.2. The molecule has 0 amide bonds. The highest BCUT2D eigenvalue weighted by atomic mass is 32.2. The van der Waals surface area contributed by atoms with Crippen molar-refractivity contribution in [3.8, 4) is 0 Å². The van der Waals surface area contributed by atoms with E-state index in [1.807, 2.05) is 6.26 Å². The predicted molar refractivity (Wildman–Crippen MR) is 75.8 cm³/mol. The van der Waals surface area contributed by atoms with E-state index < -0.39 is 26.5 Å². The van der Waals surface area contributed by atoms with Gasteiger partial charge < -0.3 is 0 Å². The van der Waals surface area contributed by atoms with E-state index in [1.165, 1.54) is 0 Å². The van der Waals surface area contributed by atoms with E-state index in [2.05, 4.69) is 4.72 Å². The molecular weight excluding hydrogens is 307 g/mol. The van der Waals surface area contributed by atoms with Gasteiger partial charge in [-0.25, -0.2) is 13.1 Å². The Hall–Kier alpha value is -1.19. The molecule has 0 aliphatic rings. The summed E-state index contributed by atoms with van der Waals surface area (Å²) in [5.41, 5.74) is -0.751. The second-order valence-electron chi connectivity index (χ2n) is 4.17. The Morgan fingerprint density at radius 2 is 2.15 bits per heavy atom. The zero-order chi connectivity index (χ0) is 15.3. The van der Waals surface area contributed by atoms with Crippen molar-refractivity contribution < 1.29 is 17.7 Å². The van der Waals surface area contributed by atoms with Crippen molar-refractivity contribution in [3.63, 3.8) is 0 Å². The molecule has 0 heterocycles. The van der Waals surface area contributed by atoms with Crippen molar-refractivity contribution >= 4 is 27.5 Å². The number of hydrogen-bond donors (Lipinski definition) is 1. The first-order valence-corrected chi connectivity index (χ1v) is 8.61. The molecule has 1 rings (SSSR count). The van der Waals surface area contributed by atoms with Crippen LogP contribution in [-0.4, -0.2) is 31.4 Å². The fourth-order valence-electron chi connectivity index (χ4n) is 1.49. The summed E-state index contributed by atoms with van der Waals surface area (Å²) in [4.78, 5) is 9.25. The summed E-state index contributed by atoms with van der Waals surface area (Å²) in [6, 6.07) is 2.22. The van der Waals surface area contributed by atoms with Crippen LogP contribution in [0.2, 0.25) is 0 Å². The van der Waals surface area contributed by atoms with Crippen molar-refractivity contribution in [2.75, 3.05) is 12.0 Å². The van der Waals surface area contributed by atoms with Crippen LogP contribution in [-0.2, 0) is 10.0 Å². The van der Waals surface area contributed by atoms with Crippen LogP contribution in [0, 0.1) is 15.9 Å². The lowest BCUT2D eigenvalue weighted by Gasteiger charge is -2.13. The number of nitrogens with zero attached hydrogens (tertiary/aromatic N) is 1. The highest BCUT2D eigenvalue weighted by Gasteiger charge is 2.21. The third-order valence-corrected chi connectivity index (χ3v) is 4.77. The number of rotatable bonds is 7. The summed E-state index contributed by atoms with van der Waals surface area (Å²) in [6.07, 6.45) is 2.54. The SMILES string of the molecule is CSCCC(C)NS(=O)(=O)c1ccc([N+](=O)[O-])c(F)c1. The topological polar surface area (TPSA) is 89.3 Å². The summed E-state index contributed by atoms with van der Waals surface area (Å²) in [6.45, 7) is 1.70. The molecule has 1 aromatic rings. The van der Waals surface area contributed by atoms with Gasteiger partial charge in [0.1, 0.15) is 0 Å². The molecule has 6 nitrogen and oxygen atoms in total. The Labute approximate surface area is 121 Å². The zero-order valence-corrected chi connectivity index (χ0v) is 12.6. The van der Waals surface area contributed by atoms with Crippen molar-refractivity contribution in [2.45, 2.75) is 24.3 Å². The molecule has 0 saturated heterocycles. The van der Waals surface area contributed by atoms with Crippen molar-refractivity contribution in [2.24, 2.45) is 0 Å². The standard InChI is InChI=1S/C11H15FN2O4S2/c1-8(5-6-19-2)13-20(17,18)9-3-4-11(14(15)16)10(12)7-9/h3-4,7-8,13H,5-6H2,1-2H3. The molecule has 0 aliphatic heterocycles. The zero-order valence-electron chi connectivity index (χ0n) is 11.0. The largest absolute Gasteiger partial charge is 0.304 e. The van der Waals surface area contributed by atoms with Crippen LogP contribution in [0.3, 0.4) is 0 Å². The van der Waals surface area contributed by atoms with Gasteiger partial charge in [0, 0.05) is 18.2 Å². The van der Waals surface area contributed by atoms with Crippen LogP contribution in [0.4, 0.5) is 10.1 Å². The maximum Gasteiger partial charge on any atom is 0.304 e. The number of halogens is 1. The van der Waals surface area contributed by atoms with Gasteiger partial charge in [-0.15, -0.1) is 0 Å². The van der Waals surface area contributed by atoms with Gasteiger partial charge in [0.2, 0.25) is 15.8 Å². The van der Waals surface area contributed by atoms with Gasteiger partial charge in [-0.05, 0) is 31.4 Å². The molecule has 112 valence electrons. The first kappa shape index (κ1) is 16.9. The predicted octanol–water partition coefficient (Wildman–Crippen LogP) is 2.15. The van der Waals surface area contributed by atoms with Gasteiger partial charge in [0.15, 0.2) is 0 Å². The summed E-state index contributed by atoms with van der Waals surface area (Å²) in [7, 11) is -3.88. The molecule has 1 atom stereocenters. The Morgan fingerprint density at radius 1 is 1.50 bits per heavy atom. The molecule has 0 bridgehead atoms. The number of hydrogen-bond acceptors (Lipinski definition) is 5. The second-order valence-corrected chi connectivity index (χ2v) is 6.87. The maximum absolute atomic E-state index is 13.4. The van der Waals surface area contributed by atoms with Crippen LogP contribution >= 0.6 is 11.8 Å². The monoisotopic (exact) mass is 322 g/mol. The van der Waals surface area contributed by atoms with E-state index >= 15 is 0 Å². The van der Waals surface area contributed by atoms with E-state index in [4.69, 9.17) is 0 Å². The third-order valence-electron chi connectivity index (χ3n) is 2.54. The summed E-state index contributed by atoms with van der Waals surface area (Å²) in [5.74, 6) is -0.382. The fourth-order valence-corrected chi connectivity index (χ4v) is 3.37. The lowest BCUT2D eigenvalue weighted by atomic mass is 10.3. The molecule has 0 radical (unpaired) electrons. The molecule has 0 fully saturated rings. The van der Waals surface area contributed by atoms with Crippen LogP contribution in [0.25, 0.3) is 0 Å². The van der Waals surface area contributed by atoms with Crippen LogP contribution < -0.4 is 4.72 Å². The number of benzene rings is 1. The van der Waals surface area contributed by atoms with E-state index in [-0.39, 0.29) is 10.9 Å². The Balaban J connectivity index is 2.93. The van der Waals surface area contributed by atoms with Gasteiger partial charge >= 0.3 is 5.69 Å². The molecule has 0 aromatic heterocycles. The number of nitro benzene ring substituents is 1. The number of nitro groups is 1. The average Bonchev–Trinajstić information content (AvgIpc) is 2.35. The van der Waals surface area contributed by atoms with Crippen LogP contribution in [0.15, 0.2) is 23.1 Å². The Bertz CT molecular complexity index is 592. The second kappa shape index (κ2) is 7.00. The minimum absolute atomic E-state index is 0.300. The summed E-state index contributed by atoms with van der Waals surface area (Å²) in [5, 5.41) is 10.5. The Kier molecular flexibility index (Phi) is 5.90. The van der Waals surface area contributed by atoms with Gasteiger partial charge in [0.25, 0.3) is 0 Å². The van der Waals surface area contributed by atoms with Gasteiger partial charge in [-0.2, -0.15) is 16.2 Å². The molecule has 9 heteroatoms. The van der Waals surface area contributed by atoms with E-state index in [1.54, 1.807) is 18.7 Å². The number of thioether (sulfide) groups is 1. The third kappa shape index (κ3) is 4.43. The highest BCUT2D eigenvalue weighted by Crippen LogP contribution is 2.21. The minimum atomic E-state index is -3.88. The van der Waals surface area contributed by atoms with Gasteiger partial charge in [-0.1, -0.05) is 0 Å². The van der Waals surface area contributed by atoms with Crippen LogP contribution in [0.5, 0.6) is 0 Å². The Morgan fingerprint density at radius 3 is 2.65 bits per heavy atom. The van der Waals surface area contributed by atoms with Gasteiger partial charge in [-0.3, -0.25) is 10.1 Å². The van der Waals surface area contributed by atoms with E-state index in [9.17, 15) is 22.9 Å². The molecule has 1 aromatic carbocycles. The van der Waals surface area contributed by atoms with Crippen molar-refractivity contribution in [1.29, 1.82) is 0 Å². The van der Waals surface area contributed by atoms with Crippen molar-refractivity contribution in [3.05, 3.63) is 34.1 Å². The lowest BCUT2D eigenvalue weighted by molar-refractivity contribution is -0.387. The first-order valence-electron chi connectivity index (χ1n) is 5.73. The molecule has 0 spiro atoms. The quantitative estimate of drug-likeness (QED) is 0.614. The van der Waals surface area contributed by atoms with E-state index in [0.717, 1.165) is 17.9 Å². The molecule has 1 N–H and O–H groups in total. The minimum Gasteiger partial charge on any atom is -0.258 e. The average molecular weight is 322 g/mol. The first-order chi connectivity index (χ1) is 9.27. The highest BCUT2D eigenvalue weighted by molar-refractivity contribution is 7.98. The number of sulfonamides is 1. The van der Waals surface area contributed by atoms with Crippen molar-refractivity contribution in [1.82, 2.24) is 4.72 Å². The smallest absolute Gasteiger partial charge is 0.258 e. The summed E-state index contributed by atoms with van der Waals surface area (Å²) < 4.78 is 39.8.